The Bertz CT molecular complexity index is 467. The van der Waals surface area contributed by atoms with E-state index in [9.17, 15) is 0 Å². The van der Waals surface area contributed by atoms with Gasteiger partial charge in [-0.25, -0.2) is 0 Å². The van der Waals surface area contributed by atoms with Gasteiger partial charge in [0.1, 0.15) is 0 Å². The highest BCUT2D eigenvalue weighted by molar-refractivity contribution is 9.10. The molecule has 0 aromatic carbocycles. The van der Waals surface area contributed by atoms with Crippen LogP contribution in [0, 0.1) is 6.92 Å². The van der Waals surface area contributed by atoms with Crippen molar-refractivity contribution in [3.05, 3.63) is 15.9 Å². The van der Waals surface area contributed by atoms with Crippen molar-refractivity contribution in [1.82, 2.24) is 20.0 Å². The molecule has 1 aliphatic rings. The van der Waals surface area contributed by atoms with Gasteiger partial charge in [0.2, 0.25) is 0 Å². The number of nitrogens with zero attached hydrogens (tertiary/aromatic N) is 3. The SMILES string of the molecule is CCC1CN(Cc2c(Br)c(C)nn2CC)C(C)(C)CN1. The predicted octanol–water partition coefficient (Wildman–Crippen LogP) is 2.94. The number of hydrogen-bond donors (Lipinski definition) is 1. The van der Waals surface area contributed by atoms with Gasteiger partial charge in [0, 0.05) is 37.8 Å². The molecule has 2 heterocycles. The maximum absolute atomic E-state index is 4.61. The lowest BCUT2D eigenvalue weighted by atomic mass is 9.96. The largest absolute Gasteiger partial charge is 0.311 e. The van der Waals surface area contributed by atoms with Gasteiger partial charge < -0.3 is 5.32 Å². The molecule has 1 aromatic heterocycles. The van der Waals surface area contributed by atoms with Crippen LogP contribution < -0.4 is 5.32 Å². The molecular formula is C15H27BrN4. The molecule has 2 rings (SSSR count). The first kappa shape index (κ1) is 16.0. The highest BCUT2D eigenvalue weighted by atomic mass is 79.9. The second kappa shape index (κ2) is 6.16. The third-order valence-corrected chi connectivity index (χ3v) is 5.44. The summed E-state index contributed by atoms with van der Waals surface area (Å²) < 4.78 is 3.29. The van der Waals surface area contributed by atoms with Crippen molar-refractivity contribution >= 4 is 15.9 Å². The highest BCUT2D eigenvalue weighted by Crippen LogP contribution is 2.27. The average Bonchev–Trinajstić information content (AvgIpc) is 2.68. The molecule has 1 atom stereocenters. The topological polar surface area (TPSA) is 33.1 Å². The van der Waals surface area contributed by atoms with E-state index in [2.05, 4.69) is 70.5 Å². The van der Waals surface area contributed by atoms with Gasteiger partial charge in [-0.2, -0.15) is 5.10 Å². The van der Waals surface area contributed by atoms with Crippen LogP contribution in [0.4, 0.5) is 0 Å². The molecule has 1 aliphatic heterocycles. The van der Waals surface area contributed by atoms with Gasteiger partial charge in [0.15, 0.2) is 0 Å². The third-order valence-electron chi connectivity index (χ3n) is 4.41. The fourth-order valence-corrected chi connectivity index (χ4v) is 3.25. The summed E-state index contributed by atoms with van der Waals surface area (Å²) in [6.45, 7) is 15.1. The summed E-state index contributed by atoms with van der Waals surface area (Å²) in [5.41, 5.74) is 2.57. The fourth-order valence-electron chi connectivity index (χ4n) is 2.84. The minimum Gasteiger partial charge on any atom is -0.311 e. The lowest BCUT2D eigenvalue weighted by Gasteiger charge is -2.46. The molecule has 114 valence electrons. The summed E-state index contributed by atoms with van der Waals surface area (Å²) >= 11 is 3.71. The molecule has 20 heavy (non-hydrogen) atoms. The Kier molecular flexibility index (Phi) is 4.92. The van der Waals surface area contributed by atoms with Crippen molar-refractivity contribution in [3.63, 3.8) is 0 Å². The Balaban J connectivity index is 2.23. The number of piperazine rings is 1. The van der Waals surface area contributed by atoms with Crippen molar-refractivity contribution in [1.29, 1.82) is 0 Å². The number of aromatic nitrogens is 2. The lowest BCUT2D eigenvalue weighted by molar-refractivity contribution is 0.0550. The van der Waals surface area contributed by atoms with Gasteiger partial charge >= 0.3 is 0 Å². The average molecular weight is 343 g/mol. The molecule has 1 N–H and O–H groups in total. The van der Waals surface area contributed by atoms with Gasteiger partial charge in [0.25, 0.3) is 0 Å². The van der Waals surface area contributed by atoms with Crippen molar-refractivity contribution < 1.29 is 0 Å². The summed E-state index contributed by atoms with van der Waals surface area (Å²) in [6, 6.07) is 0.598. The van der Waals surface area contributed by atoms with Crippen LogP contribution >= 0.6 is 15.9 Å². The van der Waals surface area contributed by atoms with E-state index in [1.54, 1.807) is 0 Å². The Morgan fingerprint density at radius 3 is 2.70 bits per heavy atom. The van der Waals surface area contributed by atoms with Gasteiger partial charge in [-0.15, -0.1) is 0 Å². The number of halogens is 1. The van der Waals surface area contributed by atoms with Crippen LogP contribution in [0.3, 0.4) is 0 Å². The maximum atomic E-state index is 4.61. The zero-order valence-corrected chi connectivity index (χ0v) is 14.9. The Morgan fingerprint density at radius 2 is 2.10 bits per heavy atom. The van der Waals surface area contributed by atoms with Crippen LogP contribution in [0.25, 0.3) is 0 Å². The quantitative estimate of drug-likeness (QED) is 0.913. The molecule has 0 amide bonds. The first-order chi connectivity index (χ1) is 9.39. The zero-order chi connectivity index (χ0) is 14.9. The normalized spacial score (nSPS) is 23.2. The summed E-state index contributed by atoms with van der Waals surface area (Å²) in [7, 11) is 0. The lowest BCUT2D eigenvalue weighted by Crippen LogP contribution is -2.61. The van der Waals surface area contributed by atoms with E-state index < -0.39 is 0 Å². The molecule has 0 saturated carbocycles. The molecule has 5 heteroatoms. The van der Waals surface area contributed by atoms with E-state index in [1.807, 2.05) is 0 Å². The third kappa shape index (κ3) is 3.10. The molecule has 0 bridgehead atoms. The molecule has 1 unspecified atom stereocenters. The van der Waals surface area contributed by atoms with Gasteiger partial charge in [0.05, 0.1) is 15.9 Å². The number of rotatable bonds is 4. The van der Waals surface area contributed by atoms with E-state index in [4.69, 9.17) is 0 Å². The first-order valence-corrected chi connectivity index (χ1v) is 8.38. The number of nitrogens with one attached hydrogen (secondary N) is 1. The second-order valence-electron chi connectivity index (χ2n) is 6.34. The van der Waals surface area contributed by atoms with E-state index >= 15 is 0 Å². The van der Waals surface area contributed by atoms with E-state index in [0.29, 0.717) is 6.04 Å². The molecule has 0 aliphatic carbocycles. The maximum Gasteiger partial charge on any atom is 0.0739 e. The van der Waals surface area contributed by atoms with Gasteiger partial charge in [-0.1, -0.05) is 6.92 Å². The van der Waals surface area contributed by atoms with E-state index in [0.717, 1.165) is 31.9 Å². The predicted molar refractivity (Wildman–Crippen MR) is 86.9 cm³/mol. The van der Waals surface area contributed by atoms with Crippen LogP contribution in [-0.4, -0.2) is 39.4 Å². The number of aryl methyl sites for hydroxylation is 2. The molecule has 4 nitrogen and oxygen atoms in total. The summed E-state index contributed by atoms with van der Waals surface area (Å²) in [5.74, 6) is 0. The molecule has 0 spiro atoms. The summed E-state index contributed by atoms with van der Waals surface area (Å²) in [5, 5.41) is 8.26. The van der Waals surface area contributed by atoms with Crippen molar-refractivity contribution in [2.24, 2.45) is 0 Å². The van der Waals surface area contributed by atoms with Crippen LogP contribution in [0.5, 0.6) is 0 Å². The fraction of sp³-hybridized carbons (Fsp3) is 0.800. The van der Waals surface area contributed by atoms with Gasteiger partial charge in [-0.05, 0) is 50.0 Å². The second-order valence-corrected chi connectivity index (χ2v) is 7.13. The monoisotopic (exact) mass is 342 g/mol. The minimum absolute atomic E-state index is 0.182. The Labute approximate surface area is 131 Å². The highest BCUT2D eigenvalue weighted by Gasteiger charge is 2.34. The van der Waals surface area contributed by atoms with E-state index in [1.165, 1.54) is 16.6 Å². The minimum atomic E-state index is 0.182. The Hall–Kier alpha value is -0.390. The van der Waals surface area contributed by atoms with E-state index in [-0.39, 0.29) is 5.54 Å². The molecule has 1 saturated heterocycles. The van der Waals surface area contributed by atoms with Crippen molar-refractivity contribution in [2.45, 2.75) is 65.7 Å². The standard InChI is InChI=1S/C15H27BrN4/c1-6-12-8-19(15(4,5)10-17-12)9-13-14(16)11(3)18-20(13)7-2/h12,17H,6-10H2,1-5H3. The van der Waals surface area contributed by atoms with Crippen LogP contribution in [0.1, 0.15) is 45.5 Å². The first-order valence-electron chi connectivity index (χ1n) is 7.59. The smallest absolute Gasteiger partial charge is 0.0739 e. The zero-order valence-electron chi connectivity index (χ0n) is 13.3. The molecule has 1 aromatic rings. The van der Waals surface area contributed by atoms with Crippen molar-refractivity contribution in [2.75, 3.05) is 13.1 Å². The molecule has 0 radical (unpaired) electrons. The summed E-state index contributed by atoms with van der Waals surface area (Å²) in [6.07, 6.45) is 1.18. The van der Waals surface area contributed by atoms with Crippen LogP contribution in [-0.2, 0) is 13.1 Å². The van der Waals surface area contributed by atoms with Gasteiger partial charge in [-0.3, -0.25) is 9.58 Å². The van der Waals surface area contributed by atoms with Crippen LogP contribution in [0.2, 0.25) is 0 Å². The van der Waals surface area contributed by atoms with Crippen LogP contribution in [0.15, 0.2) is 4.47 Å². The van der Waals surface area contributed by atoms with Crippen molar-refractivity contribution in [3.8, 4) is 0 Å². The molecular weight excluding hydrogens is 316 g/mol. The Morgan fingerprint density at radius 1 is 1.40 bits per heavy atom. The molecule has 1 fully saturated rings. The number of hydrogen-bond acceptors (Lipinski definition) is 3. The summed E-state index contributed by atoms with van der Waals surface area (Å²) in [4.78, 5) is 2.59.